The largest absolute Gasteiger partial charge is 0.536 e. The minimum Gasteiger partial charge on any atom is -0.508 e. The van der Waals surface area contributed by atoms with Gasteiger partial charge >= 0.3 is 15.6 Å². The van der Waals surface area contributed by atoms with Crippen LogP contribution in [-0.2, 0) is 13.4 Å². The molecule has 0 aliphatic heterocycles. The summed E-state index contributed by atoms with van der Waals surface area (Å²) < 4.78 is 29.7. The molecule has 0 aliphatic carbocycles. The number of phosphoric ester groups is 1. The van der Waals surface area contributed by atoms with Gasteiger partial charge < -0.3 is 24.5 Å². The van der Waals surface area contributed by atoms with Crippen LogP contribution in [0.15, 0.2) is 48.5 Å². The van der Waals surface area contributed by atoms with Gasteiger partial charge in [0.15, 0.2) is 0 Å². The Balaban J connectivity index is 0.000000300. The minimum absolute atomic E-state index is 0.0155. The highest BCUT2D eigenvalue weighted by Gasteiger charge is 2.34. The van der Waals surface area contributed by atoms with Crippen molar-refractivity contribution in [3.05, 3.63) is 54.1 Å². The number of hydrogen-bond donors (Lipinski definition) is 5. The third-order valence-electron chi connectivity index (χ3n) is 2.35. The van der Waals surface area contributed by atoms with Gasteiger partial charge in [-0.15, -0.1) is 0 Å². The van der Waals surface area contributed by atoms with Crippen LogP contribution in [0.3, 0.4) is 0 Å². The molecule has 0 bridgehead atoms. The van der Waals surface area contributed by atoms with Gasteiger partial charge in [0, 0.05) is 6.07 Å². The van der Waals surface area contributed by atoms with Crippen LogP contribution < -0.4 is 4.52 Å². The van der Waals surface area contributed by atoms with Gasteiger partial charge in [0.05, 0.1) is 0 Å². The first-order valence-corrected chi connectivity index (χ1v) is 9.34. The summed E-state index contributed by atoms with van der Waals surface area (Å²) in [7, 11) is -9.90. The molecule has 0 saturated heterocycles. The number of phenols is 2. The third-order valence-corrected chi connectivity index (χ3v) is 4.45. The summed E-state index contributed by atoms with van der Waals surface area (Å²) in [5.41, 5.74) is 0.533. The monoisotopic (exact) mass is 378 g/mol. The molecule has 2 aromatic rings. The van der Waals surface area contributed by atoms with E-state index >= 15 is 0 Å². The topological polar surface area (TPSA) is 154 Å². The smallest absolute Gasteiger partial charge is 0.508 e. The molecule has 0 saturated carbocycles. The maximum absolute atomic E-state index is 11.2. The molecule has 0 amide bonds. The fourth-order valence-electron chi connectivity index (χ4n) is 1.43. The molecule has 0 fully saturated rings. The minimum atomic E-state index is -5.08. The quantitative estimate of drug-likeness (QED) is 0.505. The highest BCUT2D eigenvalue weighted by atomic mass is 31.3. The van der Waals surface area contributed by atoms with Gasteiger partial charge in [-0.25, -0.2) is 9.13 Å². The van der Waals surface area contributed by atoms with Crippen LogP contribution in [0.25, 0.3) is 0 Å². The molecule has 1 unspecified atom stereocenters. The predicted octanol–water partition coefficient (Wildman–Crippen LogP) is 2.68. The molecular weight excluding hydrogens is 362 g/mol. The Morgan fingerprint density at radius 2 is 1.42 bits per heavy atom. The van der Waals surface area contributed by atoms with Crippen molar-refractivity contribution in [3.8, 4) is 17.2 Å². The highest BCUT2D eigenvalue weighted by Crippen LogP contribution is 2.57. The second kappa shape index (κ2) is 8.30. The molecule has 24 heavy (non-hydrogen) atoms. The van der Waals surface area contributed by atoms with Gasteiger partial charge in [0.1, 0.15) is 17.2 Å². The summed E-state index contributed by atoms with van der Waals surface area (Å²) in [6, 6.07) is 12.0. The average Bonchev–Trinajstić information content (AvgIpc) is 2.39. The molecule has 0 spiro atoms. The highest BCUT2D eigenvalue weighted by molar-refractivity contribution is 7.60. The van der Waals surface area contributed by atoms with Crippen molar-refractivity contribution in [2.24, 2.45) is 0 Å². The Bertz CT molecular complexity index is 754. The molecule has 9 nitrogen and oxygen atoms in total. The van der Waals surface area contributed by atoms with Crippen molar-refractivity contribution < 1.29 is 42.9 Å². The van der Waals surface area contributed by atoms with E-state index in [0.29, 0.717) is 5.56 Å². The fourth-order valence-corrected chi connectivity index (χ4v) is 3.09. The summed E-state index contributed by atoms with van der Waals surface area (Å²) in [6.07, 6.45) is 0. The van der Waals surface area contributed by atoms with Gasteiger partial charge in [-0.05, 0) is 30.7 Å². The van der Waals surface area contributed by atoms with E-state index in [9.17, 15) is 9.13 Å². The number of hydrogen-bond acceptors (Lipinski definition) is 6. The van der Waals surface area contributed by atoms with Crippen molar-refractivity contribution in [1.82, 2.24) is 0 Å². The maximum atomic E-state index is 11.2. The molecule has 0 heterocycles. The number of phosphoric acid groups is 2. The molecule has 11 heteroatoms. The number of rotatable bonds is 4. The summed E-state index contributed by atoms with van der Waals surface area (Å²) in [5, 5.41) is 17.3. The number of aromatic hydroxyl groups is 2. The molecule has 0 aromatic heterocycles. The van der Waals surface area contributed by atoms with Crippen LogP contribution >= 0.6 is 15.6 Å². The molecule has 0 aliphatic rings. The van der Waals surface area contributed by atoms with E-state index in [1.807, 2.05) is 0 Å². The molecule has 1 atom stereocenters. The molecule has 2 rings (SSSR count). The van der Waals surface area contributed by atoms with Crippen molar-refractivity contribution in [1.29, 1.82) is 0 Å². The van der Waals surface area contributed by atoms with E-state index in [0.717, 1.165) is 0 Å². The lowest BCUT2D eigenvalue weighted by molar-refractivity contribution is 0.229. The van der Waals surface area contributed by atoms with E-state index in [1.165, 1.54) is 24.3 Å². The second-order valence-electron chi connectivity index (χ2n) is 4.42. The Morgan fingerprint density at radius 1 is 0.875 bits per heavy atom. The predicted molar refractivity (Wildman–Crippen MR) is 84.5 cm³/mol. The van der Waals surface area contributed by atoms with E-state index in [1.54, 1.807) is 31.2 Å². The molecule has 2 aromatic carbocycles. The fraction of sp³-hybridized carbons (Fsp3) is 0.0769. The average molecular weight is 378 g/mol. The Hall–Kier alpha value is -1.86. The number of aryl methyl sites for hydroxylation is 1. The Morgan fingerprint density at radius 3 is 1.83 bits per heavy atom. The molecule has 5 N–H and O–H groups in total. The van der Waals surface area contributed by atoms with E-state index < -0.39 is 15.6 Å². The number of para-hydroxylation sites is 1. The van der Waals surface area contributed by atoms with Gasteiger partial charge in [0.25, 0.3) is 0 Å². The van der Waals surface area contributed by atoms with E-state index in [4.69, 9.17) is 24.9 Å². The molecule has 0 radical (unpaired) electrons. The van der Waals surface area contributed by atoms with E-state index in [2.05, 4.69) is 8.83 Å². The lowest BCUT2D eigenvalue weighted by atomic mass is 10.2. The zero-order valence-corrected chi connectivity index (χ0v) is 14.2. The lowest BCUT2D eigenvalue weighted by Crippen LogP contribution is -1.97. The number of phenolic OH excluding ortho intramolecular Hbond substituents is 2. The first-order chi connectivity index (χ1) is 11.0. The van der Waals surface area contributed by atoms with Gasteiger partial charge in [-0.2, -0.15) is 4.31 Å². The SMILES string of the molecule is Cc1ccccc1OP(=O)(O)OP(=O)(O)O.Oc1cccc(O)c1. The van der Waals surface area contributed by atoms with Crippen LogP contribution in [0.2, 0.25) is 0 Å². The van der Waals surface area contributed by atoms with Crippen molar-refractivity contribution in [2.45, 2.75) is 6.92 Å². The summed E-state index contributed by atoms with van der Waals surface area (Å²) in [5.74, 6) is 0.191. The first-order valence-electron chi connectivity index (χ1n) is 6.31. The van der Waals surface area contributed by atoms with Crippen LogP contribution in [0.4, 0.5) is 0 Å². The normalized spacial score (nSPS) is 13.3. The zero-order chi connectivity index (χ0) is 18.4. The standard InChI is InChI=1S/C7H10O7P2.C6H6O2/c1-6-4-2-3-5-7(6)13-16(11,12)14-15(8,9)10;7-5-2-1-3-6(8)4-5/h2-5H,1H3,(H,11,12)(H2,8,9,10);1-4,7-8H. The molecule has 132 valence electrons. The first kappa shape index (κ1) is 20.2. The summed E-state index contributed by atoms with van der Waals surface area (Å²) >= 11 is 0. The van der Waals surface area contributed by atoms with Crippen LogP contribution in [0.1, 0.15) is 5.56 Å². The van der Waals surface area contributed by atoms with Gasteiger partial charge in [-0.1, -0.05) is 24.3 Å². The summed E-state index contributed by atoms with van der Waals surface area (Å²) in [6.45, 7) is 1.60. The second-order valence-corrected chi connectivity index (χ2v) is 7.17. The van der Waals surface area contributed by atoms with Crippen LogP contribution in [0.5, 0.6) is 17.2 Å². The van der Waals surface area contributed by atoms with Crippen molar-refractivity contribution >= 4 is 15.6 Å². The van der Waals surface area contributed by atoms with Crippen molar-refractivity contribution in [2.75, 3.05) is 0 Å². The third kappa shape index (κ3) is 8.12. The molecular formula is C13H16O9P2. The maximum Gasteiger partial charge on any atom is 0.536 e. The zero-order valence-electron chi connectivity index (χ0n) is 12.4. The van der Waals surface area contributed by atoms with Gasteiger partial charge in [0.2, 0.25) is 0 Å². The summed E-state index contributed by atoms with van der Waals surface area (Å²) in [4.78, 5) is 25.8. The van der Waals surface area contributed by atoms with Crippen LogP contribution in [0, 0.1) is 6.92 Å². The van der Waals surface area contributed by atoms with Crippen LogP contribution in [-0.4, -0.2) is 24.9 Å². The number of benzene rings is 2. The van der Waals surface area contributed by atoms with E-state index in [-0.39, 0.29) is 17.2 Å². The van der Waals surface area contributed by atoms with Crippen molar-refractivity contribution in [3.63, 3.8) is 0 Å². The lowest BCUT2D eigenvalue weighted by Gasteiger charge is -2.14. The Labute approximate surface area is 137 Å². The van der Waals surface area contributed by atoms with Gasteiger partial charge in [-0.3, -0.25) is 4.89 Å². The Kier molecular flexibility index (Phi) is 6.98.